The fraction of sp³-hybridized carbons (Fsp3) is 0.333. The van der Waals surface area contributed by atoms with Gasteiger partial charge in [0.15, 0.2) is 0 Å². The number of allylic oxidation sites excluding steroid dienone is 5. The van der Waals surface area contributed by atoms with E-state index in [1.165, 1.54) is 16.7 Å². The van der Waals surface area contributed by atoms with Gasteiger partial charge in [0.1, 0.15) is 0 Å². The molecule has 3 heteroatoms. The summed E-state index contributed by atoms with van der Waals surface area (Å²) >= 11 is -1.45. The SMILES string of the molecule is CC1=C(C)C(C)[C]([Zr]([CH3])([CH3])(=[SiH2])[CH]2C=C(c3ccsc3)c3ccccc32)=C1C. The molecule has 0 nitrogen and oxygen atoms in total. The van der Waals surface area contributed by atoms with Crippen molar-refractivity contribution < 1.29 is 17.4 Å². The summed E-state index contributed by atoms with van der Waals surface area (Å²) in [5.74, 6) is 0.605. The van der Waals surface area contributed by atoms with Crippen molar-refractivity contribution in [2.45, 2.75) is 40.6 Å². The molecule has 0 spiro atoms. The number of fused-ring (bicyclic) bond motifs is 1. The first kappa shape index (κ1) is 19.6. The second kappa shape index (κ2) is 6.37. The van der Waals surface area contributed by atoms with Crippen LogP contribution in [0.5, 0.6) is 0 Å². The number of rotatable bonds is 3. The van der Waals surface area contributed by atoms with Crippen LogP contribution in [0.25, 0.3) is 5.57 Å². The van der Waals surface area contributed by atoms with Gasteiger partial charge in [-0.05, 0) is 0 Å². The van der Waals surface area contributed by atoms with Gasteiger partial charge < -0.3 is 0 Å². The molecule has 1 heterocycles. The molecular weight excluding hydrogens is 440 g/mol. The Morgan fingerprint density at radius 2 is 1.70 bits per heavy atom. The van der Waals surface area contributed by atoms with Crippen molar-refractivity contribution in [2.75, 3.05) is 0 Å². The molecule has 2 aliphatic rings. The average molecular weight is 470 g/mol. The van der Waals surface area contributed by atoms with Crippen LogP contribution in [0, 0.1) is 5.92 Å². The summed E-state index contributed by atoms with van der Waals surface area (Å²) in [7, 11) is 0. The molecule has 0 amide bonds. The fourth-order valence-electron chi connectivity index (χ4n) is 5.65. The van der Waals surface area contributed by atoms with Crippen molar-refractivity contribution in [2.24, 2.45) is 5.92 Å². The van der Waals surface area contributed by atoms with Gasteiger partial charge >= 0.3 is 172 Å². The zero-order valence-corrected chi connectivity index (χ0v) is 22.1. The first-order valence-electron chi connectivity index (χ1n) is 9.92. The molecule has 2 aromatic rings. The molecule has 0 radical (unpaired) electrons. The standard InChI is InChI=1S/C13H9S.C9H13.2CH3.H2Si.Zr/c1-2-4-12-10(3-1)5-6-13(12)11-7-8-14-9-11;1-6-5-7(2)9(4)8(6)3;;;;/h1-9H;6H,1-4H3;2*1H3;1H2;. The number of hydrogen-bond donors (Lipinski definition) is 0. The normalized spacial score (nSPS) is 23.1. The third-order valence-corrected chi connectivity index (χ3v) is 25.2. The molecule has 0 bridgehead atoms. The monoisotopic (exact) mass is 468 g/mol. The van der Waals surface area contributed by atoms with Crippen LogP contribution < -0.4 is 0 Å². The molecule has 27 heavy (non-hydrogen) atoms. The maximum absolute atomic E-state index is 3.25. The van der Waals surface area contributed by atoms with Gasteiger partial charge in [0.05, 0.1) is 0 Å². The second-order valence-electron chi connectivity index (χ2n) is 9.54. The van der Waals surface area contributed by atoms with Crippen LogP contribution in [-0.2, 0) is 17.4 Å². The summed E-state index contributed by atoms with van der Waals surface area (Å²) in [5, 5.41) is 4.50. The Hall–Kier alpha value is -0.760. The van der Waals surface area contributed by atoms with E-state index in [0.29, 0.717) is 9.54 Å². The van der Waals surface area contributed by atoms with Crippen LogP contribution >= 0.6 is 11.3 Å². The minimum absolute atomic E-state index is 0.585. The fourth-order valence-corrected chi connectivity index (χ4v) is 24.8. The van der Waals surface area contributed by atoms with Crippen LogP contribution in [0.1, 0.15) is 48.0 Å². The van der Waals surface area contributed by atoms with Crippen molar-refractivity contribution in [3.8, 4) is 0 Å². The summed E-state index contributed by atoms with van der Waals surface area (Å²) in [4.78, 5) is 0. The second-order valence-corrected chi connectivity index (χ2v) is 39.9. The average Bonchev–Trinajstić information content (AvgIpc) is 3.30. The molecule has 140 valence electrons. The van der Waals surface area contributed by atoms with Gasteiger partial charge in [-0.15, -0.1) is 0 Å². The first-order chi connectivity index (χ1) is 12.6. The van der Waals surface area contributed by atoms with Crippen LogP contribution in [0.4, 0.5) is 0 Å². The van der Waals surface area contributed by atoms with Crippen molar-refractivity contribution in [3.05, 3.63) is 83.9 Å². The third-order valence-electron chi connectivity index (χ3n) is 7.27. The molecule has 1 aromatic carbocycles. The van der Waals surface area contributed by atoms with E-state index in [4.69, 9.17) is 0 Å². The summed E-state index contributed by atoms with van der Waals surface area (Å²) in [6.45, 7) is 11.9. The Morgan fingerprint density at radius 3 is 2.30 bits per heavy atom. The predicted molar refractivity (Wildman–Crippen MR) is 121 cm³/mol. The van der Waals surface area contributed by atoms with E-state index in [1.54, 1.807) is 33.6 Å². The molecule has 0 saturated heterocycles. The van der Waals surface area contributed by atoms with Gasteiger partial charge in [-0.3, -0.25) is 0 Å². The Morgan fingerprint density at radius 1 is 1.00 bits per heavy atom. The van der Waals surface area contributed by atoms with E-state index in [1.807, 2.05) is 3.28 Å². The van der Waals surface area contributed by atoms with Gasteiger partial charge in [-0.1, -0.05) is 0 Å². The van der Waals surface area contributed by atoms with Crippen LogP contribution in [-0.4, -0.2) is 6.88 Å². The topological polar surface area (TPSA) is 0 Å². The summed E-state index contributed by atoms with van der Waals surface area (Å²) in [5.41, 5.74) is 10.6. The molecule has 2 unspecified atom stereocenters. The molecular formula is C24H30SSiZr. The van der Waals surface area contributed by atoms with Crippen LogP contribution in [0.15, 0.2) is 67.2 Å². The quantitative estimate of drug-likeness (QED) is 0.432. The van der Waals surface area contributed by atoms with E-state index in [0.717, 1.165) is 0 Å². The van der Waals surface area contributed by atoms with Crippen LogP contribution in [0.2, 0.25) is 9.26 Å². The Balaban J connectivity index is 1.94. The van der Waals surface area contributed by atoms with E-state index in [2.05, 4.69) is 91.0 Å². The number of hydrogen-bond acceptors (Lipinski definition) is 1. The van der Waals surface area contributed by atoms with Gasteiger partial charge in [0.2, 0.25) is 0 Å². The molecule has 0 N–H and O–H groups in total. The van der Waals surface area contributed by atoms with Crippen LogP contribution in [0.3, 0.4) is 0 Å². The molecule has 0 aliphatic heterocycles. The maximum atomic E-state index is 2.69. The predicted octanol–water partition coefficient (Wildman–Crippen LogP) is 6.83. The molecule has 2 atom stereocenters. The first-order valence-corrected chi connectivity index (χ1v) is 24.3. The Bertz CT molecular complexity index is 1090. The van der Waals surface area contributed by atoms with Crippen molar-refractivity contribution >= 4 is 23.8 Å². The minimum atomic E-state index is -3.25. The van der Waals surface area contributed by atoms with E-state index in [-0.39, 0.29) is 0 Å². The summed E-state index contributed by atoms with van der Waals surface area (Å²) in [6.07, 6.45) is 2.64. The van der Waals surface area contributed by atoms with Crippen molar-refractivity contribution in [1.82, 2.24) is 0 Å². The number of thiophene rings is 1. The molecule has 2 aliphatic carbocycles. The Labute approximate surface area is 170 Å². The van der Waals surface area contributed by atoms with E-state index < -0.39 is 17.4 Å². The van der Waals surface area contributed by atoms with E-state index >= 15 is 0 Å². The molecule has 0 fully saturated rings. The molecule has 1 aromatic heterocycles. The Kier molecular flexibility index (Phi) is 4.61. The van der Waals surface area contributed by atoms with Crippen molar-refractivity contribution in [1.29, 1.82) is 0 Å². The zero-order valence-electron chi connectivity index (χ0n) is 17.4. The van der Waals surface area contributed by atoms with Gasteiger partial charge in [0.25, 0.3) is 0 Å². The zero-order chi connectivity index (χ0) is 19.6. The van der Waals surface area contributed by atoms with Gasteiger partial charge in [-0.2, -0.15) is 0 Å². The van der Waals surface area contributed by atoms with Gasteiger partial charge in [-0.25, -0.2) is 0 Å². The molecule has 4 rings (SSSR count). The molecule has 0 saturated carbocycles. The van der Waals surface area contributed by atoms with E-state index in [9.17, 15) is 0 Å². The number of benzene rings is 1. The summed E-state index contributed by atoms with van der Waals surface area (Å²) < 4.78 is 7.79. The van der Waals surface area contributed by atoms with Crippen molar-refractivity contribution in [3.63, 3.8) is 0 Å². The third kappa shape index (κ3) is 2.84. The van der Waals surface area contributed by atoms with Gasteiger partial charge in [0, 0.05) is 0 Å². The summed E-state index contributed by atoms with van der Waals surface area (Å²) in [6, 6.07) is 11.4.